The van der Waals surface area contributed by atoms with Gasteiger partial charge in [-0.15, -0.1) is 0 Å². The number of hydrogen-bond donors (Lipinski definition) is 2. The lowest BCUT2D eigenvalue weighted by atomic mass is 10.2. The van der Waals surface area contributed by atoms with Crippen molar-refractivity contribution in [2.75, 3.05) is 11.9 Å². The van der Waals surface area contributed by atoms with E-state index in [1.807, 2.05) is 0 Å². The van der Waals surface area contributed by atoms with Gasteiger partial charge in [0.2, 0.25) is 11.8 Å². The van der Waals surface area contributed by atoms with E-state index in [-0.39, 0.29) is 12.3 Å². The first-order valence-electron chi connectivity index (χ1n) is 6.54. The maximum Gasteiger partial charge on any atom is 0.233 e. The standard InChI is InChI=1S/C14H18Cl2N2O2/c1-2-3-4-7-17-13(19)9-14(20)18-12-6-5-10(15)8-11(12)16/h5-6,8H,2-4,7,9H2,1H3,(H,17,19)(H,18,20). The normalized spacial score (nSPS) is 10.2. The smallest absolute Gasteiger partial charge is 0.233 e. The van der Waals surface area contributed by atoms with Crippen LogP contribution in [-0.2, 0) is 9.59 Å². The molecule has 20 heavy (non-hydrogen) atoms. The van der Waals surface area contributed by atoms with Crippen LogP contribution in [0, 0.1) is 0 Å². The Balaban J connectivity index is 2.37. The zero-order chi connectivity index (χ0) is 15.0. The van der Waals surface area contributed by atoms with Crippen LogP contribution in [-0.4, -0.2) is 18.4 Å². The summed E-state index contributed by atoms with van der Waals surface area (Å²) in [7, 11) is 0. The van der Waals surface area contributed by atoms with E-state index < -0.39 is 5.91 Å². The highest BCUT2D eigenvalue weighted by atomic mass is 35.5. The Kier molecular flexibility index (Phi) is 7.41. The second-order valence-corrected chi connectivity index (χ2v) is 5.25. The van der Waals surface area contributed by atoms with Crippen molar-refractivity contribution in [3.8, 4) is 0 Å². The summed E-state index contributed by atoms with van der Waals surface area (Å²) in [6.07, 6.45) is 2.86. The molecule has 0 fully saturated rings. The predicted octanol–water partition coefficient (Wildman–Crippen LogP) is 3.63. The van der Waals surface area contributed by atoms with Crippen LogP contribution in [0.3, 0.4) is 0 Å². The Morgan fingerprint density at radius 1 is 1.15 bits per heavy atom. The fourth-order valence-corrected chi connectivity index (χ4v) is 2.05. The number of unbranched alkanes of at least 4 members (excludes halogenated alkanes) is 2. The molecule has 0 atom stereocenters. The summed E-state index contributed by atoms with van der Waals surface area (Å²) in [5, 5.41) is 6.11. The van der Waals surface area contributed by atoms with Crippen molar-refractivity contribution < 1.29 is 9.59 Å². The van der Waals surface area contributed by atoms with E-state index in [0.29, 0.717) is 22.3 Å². The van der Waals surface area contributed by atoms with Gasteiger partial charge in [-0.25, -0.2) is 0 Å². The Bertz CT molecular complexity index is 478. The van der Waals surface area contributed by atoms with Gasteiger partial charge >= 0.3 is 0 Å². The maximum absolute atomic E-state index is 11.7. The summed E-state index contributed by atoms with van der Waals surface area (Å²) in [4.78, 5) is 23.2. The molecule has 0 saturated heterocycles. The fraction of sp³-hybridized carbons (Fsp3) is 0.429. The Labute approximate surface area is 128 Å². The van der Waals surface area contributed by atoms with Gasteiger partial charge in [-0.1, -0.05) is 43.0 Å². The zero-order valence-corrected chi connectivity index (χ0v) is 12.9. The summed E-state index contributed by atoms with van der Waals surface area (Å²) in [5.41, 5.74) is 0.444. The minimum Gasteiger partial charge on any atom is -0.356 e. The van der Waals surface area contributed by atoms with Crippen molar-refractivity contribution in [3.63, 3.8) is 0 Å². The van der Waals surface area contributed by atoms with Crippen LogP contribution < -0.4 is 10.6 Å². The second kappa shape index (κ2) is 8.82. The van der Waals surface area contributed by atoms with E-state index in [4.69, 9.17) is 23.2 Å². The summed E-state index contributed by atoms with van der Waals surface area (Å²) >= 11 is 11.7. The number of benzene rings is 1. The molecular weight excluding hydrogens is 299 g/mol. The van der Waals surface area contributed by atoms with E-state index >= 15 is 0 Å². The first kappa shape index (κ1) is 16.8. The predicted molar refractivity (Wildman–Crippen MR) is 82.2 cm³/mol. The molecule has 0 aliphatic heterocycles. The lowest BCUT2D eigenvalue weighted by molar-refractivity contribution is -0.126. The summed E-state index contributed by atoms with van der Waals surface area (Å²) in [5.74, 6) is -0.689. The molecule has 0 aliphatic carbocycles. The topological polar surface area (TPSA) is 58.2 Å². The number of amides is 2. The van der Waals surface area contributed by atoms with Crippen molar-refractivity contribution in [2.24, 2.45) is 0 Å². The van der Waals surface area contributed by atoms with Crippen LogP contribution in [0.15, 0.2) is 18.2 Å². The molecule has 110 valence electrons. The largest absolute Gasteiger partial charge is 0.356 e. The van der Waals surface area contributed by atoms with Crippen molar-refractivity contribution in [2.45, 2.75) is 32.6 Å². The second-order valence-electron chi connectivity index (χ2n) is 4.41. The minimum absolute atomic E-state index is 0.217. The highest BCUT2D eigenvalue weighted by Crippen LogP contribution is 2.25. The number of nitrogens with one attached hydrogen (secondary N) is 2. The highest BCUT2D eigenvalue weighted by molar-refractivity contribution is 6.36. The van der Waals surface area contributed by atoms with E-state index in [9.17, 15) is 9.59 Å². The first-order chi connectivity index (χ1) is 9.52. The number of hydrogen-bond acceptors (Lipinski definition) is 2. The van der Waals surface area contributed by atoms with Gasteiger partial charge in [0.05, 0.1) is 10.7 Å². The van der Waals surface area contributed by atoms with E-state index in [0.717, 1.165) is 19.3 Å². The average Bonchev–Trinajstić information content (AvgIpc) is 2.38. The molecule has 0 saturated carbocycles. The fourth-order valence-electron chi connectivity index (χ4n) is 1.60. The van der Waals surface area contributed by atoms with Gasteiger partial charge in [-0.3, -0.25) is 9.59 Å². The van der Waals surface area contributed by atoms with Crippen LogP contribution >= 0.6 is 23.2 Å². The van der Waals surface area contributed by atoms with Crippen LogP contribution in [0.2, 0.25) is 10.0 Å². The monoisotopic (exact) mass is 316 g/mol. The summed E-state index contributed by atoms with van der Waals surface area (Å²) < 4.78 is 0. The molecule has 1 aromatic rings. The quantitative estimate of drug-likeness (QED) is 0.596. The van der Waals surface area contributed by atoms with Crippen molar-refractivity contribution >= 4 is 40.7 Å². The molecule has 1 aromatic carbocycles. The van der Waals surface area contributed by atoms with E-state index in [2.05, 4.69) is 17.6 Å². The summed E-state index contributed by atoms with van der Waals surface area (Å²) in [6, 6.07) is 4.75. The van der Waals surface area contributed by atoms with Gasteiger partial charge in [0.15, 0.2) is 0 Å². The molecule has 0 aliphatic rings. The number of anilines is 1. The lowest BCUT2D eigenvalue weighted by Gasteiger charge is -2.08. The van der Waals surface area contributed by atoms with Crippen LogP contribution in [0.5, 0.6) is 0 Å². The molecule has 2 amide bonds. The van der Waals surface area contributed by atoms with Crippen molar-refractivity contribution in [3.05, 3.63) is 28.2 Å². The van der Waals surface area contributed by atoms with Gasteiger partial charge < -0.3 is 10.6 Å². The molecule has 0 radical (unpaired) electrons. The third kappa shape index (κ3) is 6.26. The average molecular weight is 317 g/mol. The number of carbonyl (C=O) groups excluding carboxylic acids is 2. The molecular formula is C14H18Cl2N2O2. The molecule has 4 nitrogen and oxygen atoms in total. The van der Waals surface area contributed by atoms with Crippen LogP contribution in [0.25, 0.3) is 0 Å². The number of carbonyl (C=O) groups is 2. The van der Waals surface area contributed by atoms with Gasteiger partial charge in [0.1, 0.15) is 6.42 Å². The third-order valence-electron chi connectivity index (χ3n) is 2.63. The maximum atomic E-state index is 11.7. The third-order valence-corrected chi connectivity index (χ3v) is 3.18. The van der Waals surface area contributed by atoms with Gasteiger partial charge in [0.25, 0.3) is 0 Å². The molecule has 0 unspecified atom stereocenters. The molecule has 0 bridgehead atoms. The Morgan fingerprint density at radius 2 is 1.90 bits per heavy atom. The molecule has 0 aromatic heterocycles. The van der Waals surface area contributed by atoms with Gasteiger partial charge in [-0.2, -0.15) is 0 Å². The molecule has 6 heteroatoms. The first-order valence-corrected chi connectivity index (χ1v) is 7.30. The SMILES string of the molecule is CCCCCNC(=O)CC(=O)Nc1ccc(Cl)cc1Cl. The van der Waals surface area contributed by atoms with Crippen LogP contribution in [0.1, 0.15) is 32.6 Å². The van der Waals surface area contributed by atoms with Crippen molar-refractivity contribution in [1.82, 2.24) is 5.32 Å². The van der Waals surface area contributed by atoms with Crippen LogP contribution in [0.4, 0.5) is 5.69 Å². The highest BCUT2D eigenvalue weighted by Gasteiger charge is 2.11. The van der Waals surface area contributed by atoms with Gasteiger partial charge in [0, 0.05) is 11.6 Å². The molecule has 0 heterocycles. The zero-order valence-electron chi connectivity index (χ0n) is 11.3. The summed E-state index contributed by atoms with van der Waals surface area (Å²) in [6.45, 7) is 2.69. The van der Waals surface area contributed by atoms with E-state index in [1.54, 1.807) is 12.1 Å². The Morgan fingerprint density at radius 3 is 2.55 bits per heavy atom. The molecule has 0 spiro atoms. The molecule has 1 rings (SSSR count). The van der Waals surface area contributed by atoms with Gasteiger partial charge in [-0.05, 0) is 24.6 Å². The van der Waals surface area contributed by atoms with Crippen molar-refractivity contribution in [1.29, 1.82) is 0 Å². The number of halogens is 2. The lowest BCUT2D eigenvalue weighted by Crippen LogP contribution is -2.28. The minimum atomic E-state index is -0.401. The van der Waals surface area contributed by atoms with E-state index in [1.165, 1.54) is 6.07 Å². The Hall–Kier alpha value is -1.26. The number of rotatable bonds is 7. The molecule has 2 N–H and O–H groups in total.